The molecular formula is C25H19F2N3O4. The normalized spacial score (nSPS) is 14.2. The van der Waals surface area contributed by atoms with E-state index < -0.39 is 29.2 Å². The highest BCUT2D eigenvalue weighted by atomic mass is 19.2. The van der Waals surface area contributed by atoms with Crippen LogP contribution < -0.4 is 15.0 Å². The third-order valence-electron chi connectivity index (χ3n) is 5.36. The fraction of sp³-hybridized carbons (Fsp3) is 0.120. The molecule has 1 N–H and O–H groups in total. The Morgan fingerprint density at radius 3 is 2.62 bits per heavy atom. The summed E-state index contributed by atoms with van der Waals surface area (Å²) in [4.78, 5) is 43.9. The number of hydrogen-bond donors (Lipinski definition) is 1. The molecule has 9 heteroatoms. The molecule has 1 aliphatic heterocycles. The summed E-state index contributed by atoms with van der Waals surface area (Å²) >= 11 is 0. The molecule has 7 nitrogen and oxygen atoms in total. The van der Waals surface area contributed by atoms with Crippen LogP contribution in [-0.4, -0.2) is 36.7 Å². The highest BCUT2D eigenvalue weighted by Crippen LogP contribution is 2.31. The van der Waals surface area contributed by atoms with E-state index in [1.807, 2.05) is 0 Å². The summed E-state index contributed by atoms with van der Waals surface area (Å²) in [6, 6.07) is 10.9. The van der Waals surface area contributed by atoms with Gasteiger partial charge in [0.2, 0.25) is 11.7 Å². The van der Waals surface area contributed by atoms with Crippen molar-refractivity contribution in [3.05, 3.63) is 94.2 Å². The van der Waals surface area contributed by atoms with Gasteiger partial charge in [0.05, 0.1) is 18.4 Å². The number of aromatic nitrogens is 1. The molecule has 0 aliphatic carbocycles. The Balaban J connectivity index is 1.61. The maximum absolute atomic E-state index is 13.6. The Kier molecular flexibility index (Phi) is 6.18. The van der Waals surface area contributed by atoms with Crippen molar-refractivity contribution in [3.63, 3.8) is 0 Å². The summed E-state index contributed by atoms with van der Waals surface area (Å²) in [5, 5.41) is 2.76. The van der Waals surface area contributed by atoms with Crippen molar-refractivity contribution in [2.75, 3.05) is 19.1 Å². The number of amides is 2. The Morgan fingerprint density at radius 1 is 1.09 bits per heavy atom. The number of carbonyl (C=O) groups excluding carboxylic acids is 3. The number of rotatable bonds is 5. The van der Waals surface area contributed by atoms with Crippen LogP contribution in [0.4, 0.5) is 14.5 Å². The fourth-order valence-corrected chi connectivity index (χ4v) is 3.54. The topological polar surface area (TPSA) is 88.6 Å². The molecule has 0 bridgehead atoms. The summed E-state index contributed by atoms with van der Waals surface area (Å²) in [6.45, 7) is 0.211. The van der Waals surface area contributed by atoms with Gasteiger partial charge in [-0.05, 0) is 53.6 Å². The molecule has 2 heterocycles. The second-order valence-corrected chi connectivity index (χ2v) is 7.55. The number of hydrogen-bond acceptors (Lipinski definition) is 5. The average Bonchev–Trinajstić information content (AvgIpc) is 2.85. The van der Waals surface area contributed by atoms with E-state index in [2.05, 4.69) is 10.3 Å². The summed E-state index contributed by atoms with van der Waals surface area (Å²) < 4.78 is 31.9. The molecule has 0 radical (unpaired) electrons. The zero-order valence-corrected chi connectivity index (χ0v) is 18.3. The lowest BCUT2D eigenvalue weighted by Crippen LogP contribution is -2.37. The Bertz CT molecular complexity index is 1350. The number of Topliss-reactive ketones (excluding diaryl/α,β-unsaturated/α-hetero) is 1. The van der Waals surface area contributed by atoms with Gasteiger partial charge in [-0.25, -0.2) is 13.8 Å². The zero-order valence-electron chi connectivity index (χ0n) is 18.3. The minimum absolute atomic E-state index is 0.147. The van der Waals surface area contributed by atoms with E-state index in [9.17, 15) is 23.2 Å². The van der Waals surface area contributed by atoms with Gasteiger partial charge >= 0.3 is 0 Å². The van der Waals surface area contributed by atoms with Crippen LogP contribution in [-0.2, 0) is 11.3 Å². The van der Waals surface area contributed by atoms with E-state index in [4.69, 9.17) is 4.74 Å². The molecule has 34 heavy (non-hydrogen) atoms. The van der Waals surface area contributed by atoms with Gasteiger partial charge in [-0.3, -0.25) is 14.4 Å². The number of anilines is 1. The first kappa shape index (κ1) is 22.8. The number of ether oxygens (including phenoxy) is 1. The van der Waals surface area contributed by atoms with Crippen LogP contribution in [0.15, 0.2) is 60.3 Å². The van der Waals surface area contributed by atoms with Crippen LogP contribution in [0.25, 0.3) is 6.08 Å². The maximum Gasteiger partial charge on any atom is 0.262 e. The van der Waals surface area contributed by atoms with Crippen LogP contribution in [0, 0.1) is 11.6 Å². The van der Waals surface area contributed by atoms with Crippen molar-refractivity contribution < 1.29 is 27.9 Å². The van der Waals surface area contributed by atoms with Gasteiger partial charge in [-0.15, -0.1) is 0 Å². The van der Waals surface area contributed by atoms with Gasteiger partial charge in [-0.2, -0.15) is 0 Å². The molecule has 0 fully saturated rings. The number of halogens is 2. The summed E-state index contributed by atoms with van der Waals surface area (Å²) in [5.41, 5.74) is 1.43. The first-order chi connectivity index (χ1) is 16.3. The molecule has 4 rings (SSSR count). The molecule has 0 spiro atoms. The first-order valence-electron chi connectivity index (χ1n) is 10.2. The third kappa shape index (κ3) is 4.40. The molecule has 0 atom stereocenters. The number of carbonyl (C=O) groups is 3. The third-order valence-corrected chi connectivity index (χ3v) is 5.36. The largest absolute Gasteiger partial charge is 0.481 e. The van der Waals surface area contributed by atoms with E-state index in [0.717, 1.165) is 17.7 Å². The van der Waals surface area contributed by atoms with E-state index in [1.165, 1.54) is 49.4 Å². The molecule has 0 unspecified atom stereocenters. The molecule has 0 saturated heterocycles. The van der Waals surface area contributed by atoms with Crippen molar-refractivity contribution in [1.82, 2.24) is 10.3 Å². The highest BCUT2D eigenvalue weighted by Gasteiger charge is 2.33. The van der Waals surface area contributed by atoms with Crippen molar-refractivity contribution >= 4 is 29.4 Å². The zero-order chi connectivity index (χ0) is 24.4. The summed E-state index contributed by atoms with van der Waals surface area (Å²) in [7, 11) is 2.98. The predicted molar refractivity (Wildman–Crippen MR) is 120 cm³/mol. The van der Waals surface area contributed by atoms with Crippen molar-refractivity contribution in [2.45, 2.75) is 6.54 Å². The SMILES string of the molecule is COc1cc(CNC(=O)c2ccc3c(c2)C(=O)C(=Cc2ccc(F)c(F)c2)C(=O)N3C)ccn1. The van der Waals surface area contributed by atoms with Gasteiger partial charge in [0, 0.05) is 37.0 Å². The number of benzene rings is 2. The van der Waals surface area contributed by atoms with E-state index in [1.54, 1.807) is 18.3 Å². The first-order valence-corrected chi connectivity index (χ1v) is 10.2. The Labute approximate surface area is 193 Å². The number of likely N-dealkylation sites (N-methyl/N-ethyl adjacent to an activating group) is 1. The minimum Gasteiger partial charge on any atom is -0.481 e. The van der Waals surface area contributed by atoms with Crippen molar-refractivity contribution in [3.8, 4) is 5.88 Å². The van der Waals surface area contributed by atoms with Crippen LogP contribution in [0.2, 0.25) is 0 Å². The average molecular weight is 463 g/mol. The quantitative estimate of drug-likeness (QED) is 0.462. The number of ketones is 1. The second kappa shape index (κ2) is 9.22. The molecule has 3 aromatic rings. The lowest BCUT2D eigenvalue weighted by molar-refractivity contribution is -0.114. The van der Waals surface area contributed by atoms with Crippen molar-refractivity contribution in [2.24, 2.45) is 0 Å². The molecule has 172 valence electrons. The molecule has 2 amide bonds. The summed E-state index contributed by atoms with van der Waals surface area (Å²) in [5.74, 6) is -3.34. The maximum atomic E-state index is 13.6. The lowest BCUT2D eigenvalue weighted by atomic mass is 9.92. The molecule has 2 aromatic carbocycles. The number of nitrogens with one attached hydrogen (secondary N) is 1. The number of fused-ring (bicyclic) bond motifs is 1. The van der Waals surface area contributed by atoms with Gasteiger partial charge in [0.15, 0.2) is 11.6 Å². The molecule has 1 aromatic heterocycles. The van der Waals surface area contributed by atoms with Crippen LogP contribution in [0.3, 0.4) is 0 Å². The smallest absolute Gasteiger partial charge is 0.262 e. The van der Waals surface area contributed by atoms with Gasteiger partial charge in [-0.1, -0.05) is 6.07 Å². The van der Waals surface area contributed by atoms with Crippen molar-refractivity contribution in [1.29, 1.82) is 0 Å². The van der Waals surface area contributed by atoms with Crippen LogP contribution in [0.5, 0.6) is 5.88 Å². The fourth-order valence-electron chi connectivity index (χ4n) is 3.54. The van der Waals surface area contributed by atoms with Gasteiger partial charge < -0.3 is 15.0 Å². The molecule has 1 aliphatic rings. The molecular weight excluding hydrogens is 444 g/mol. The number of pyridine rings is 1. The summed E-state index contributed by atoms with van der Waals surface area (Å²) in [6.07, 6.45) is 2.77. The van der Waals surface area contributed by atoms with Crippen LogP contribution >= 0.6 is 0 Å². The molecule has 0 saturated carbocycles. The Morgan fingerprint density at radius 2 is 1.88 bits per heavy atom. The van der Waals surface area contributed by atoms with Gasteiger partial charge in [0.1, 0.15) is 0 Å². The van der Waals surface area contributed by atoms with E-state index in [0.29, 0.717) is 11.6 Å². The predicted octanol–water partition coefficient (Wildman–Crippen LogP) is 3.54. The van der Waals surface area contributed by atoms with E-state index in [-0.39, 0.29) is 28.8 Å². The number of methoxy groups -OCH3 is 1. The number of nitrogens with zero attached hydrogens (tertiary/aromatic N) is 2. The minimum atomic E-state index is -1.09. The monoisotopic (exact) mass is 463 g/mol. The Hall–Kier alpha value is -4.40. The van der Waals surface area contributed by atoms with E-state index >= 15 is 0 Å². The highest BCUT2D eigenvalue weighted by molar-refractivity contribution is 6.36. The lowest BCUT2D eigenvalue weighted by Gasteiger charge is -2.27. The van der Waals surface area contributed by atoms with Gasteiger partial charge in [0.25, 0.3) is 11.8 Å². The standard InChI is InChI=1S/C25H19F2N3O4/c1-30-21-6-4-16(24(32)29-13-15-7-8-28-22(11-15)34-2)12-17(21)23(31)18(25(30)33)9-14-3-5-19(26)20(27)10-14/h3-12H,13H2,1-2H3,(H,29,32). The van der Waals surface area contributed by atoms with Crippen LogP contribution in [0.1, 0.15) is 31.8 Å². The second-order valence-electron chi connectivity index (χ2n) is 7.55.